The highest BCUT2D eigenvalue weighted by molar-refractivity contribution is 6.29. The number of rotatable bonds is 2. The van der Waals surface area contributed by atoms with Gasteiger partial charge in [0.05, 0.1) is 0 Å². The first-order valence-electron chi connectivity index (χ1n) is 3.90. The Kier molecular flexibility index (Phi) is 3.19. The fourth-order valence-electron chi connectivity index (χ4n) is 0.769. The first kappa shape index (κ1) is 9.92. The summed E-state index contributed by atoms with van der Waals surface area (Å²) in [5, 5.41) is 7.55. The average molecular weight is 200 g/mol. The summed E-state index contributed by atoms with van der Waals surface area (Å²) in [6.45, 7) is 2.53. The molecule has 4 nitrogen and oxygen atoms in total. The van der Waals surface area contributed by atoms with Gasteiger partial charge < -0.3 is 4.90 Å². The van der Waals surface area contributed by atoms with E-state index in [9.17, 15) is 4.79 Å². The minimum Gasteiger partial charge on any atom is -0.341 e. The average Bonchev–Trinajstić information content (AvgIpc) is 2.17. The van der Waals surface area contributed by atoms with Crippen molar-refractivity contribution in [2.75, 3.05) is 13.6 Å². The van der Waals surface area contributed by atoms with E-state index in [2.05, 4.69) is 10.2 Å². The van der Waals surface area contributed by atoms with Gasteiger partial charge in [0.2, 0.25) is 0 Å². The molecule has 0 radical (unpaired) electrons. The van der Waals surface area contributed by atoms with Crippen molar-refractivity contribution in [1.29, 1.82) is 0 Å². The Labute approximate surface area is 81.5 Å². The molecule has 0 unspecified atom stereocenters. The van der Waals surface area contributed by atoms with Gasteiger partial charge in [-0.05, 0) is 19.1 Å². The van der Waals surface area contributed by atoms with Gasteiger partial charge in [-0.2, -0.15) is 0 Å². The summed E-state index contributed by atoms with van der Waals surface area (Å²) in [4.78, 5) is 13.0. The molecule has 0 aliphatic carbocycles. The topological polar surface area (TPSA) is 46.1 Å². The number of aromatic nitrogens is 2. The van der Waals surface area contributed by atoms with Crippen LogP contribution in [0.25, 0.3) is 0 Å². The van der Waals surface area contributed by atoms with Crippen molar-refractivity contribution in [1.82, 2.24) is 15.1 Å². The molecule has 13 heavy (non-hydrogen) atoms. The maximum absolute atomic E-state index is 11.5. The zero-order valence-electron chi connectivity index (χ0n) is 7.49. The largest absolute Gasteiger partial charge is 0.341 e. The summed E-state index contributed by atoms with van der Waals surface area (Å²) >= 11 is 5.53. The Morgan fingerprint density at radius 2 is 2.23 bits per heavy atom. The molecule has 0 N–H and O–H groups in total. The van der Waals surface area contributed by atoms with Gasteiger partial charge in [-0.15, -0.1) is 10.2 Å². The van der Waals surface area contributed by atoms with Crippen molar-refractivity contribution in [3.05, 3.63) is 23.0 Å². The highest BCUT2D eigenvalue weighted by Gasteiger charge is 2.11. The second-order valence-corrected chi connectivity index (χ2v) is 2.95. The van der Waals surface area contributed by atoms with Crippen molar-refractivity contribution < 1.29 is 4.79 Å². The highest BCUT2D eigenvalue weighted by atomic mass is 35.5. The molecule has 1 heterocycles. The summed E-state index contributed by atoms with van der Waals surface area (Å²) in [7, 11) is 1.71. The van der Waals surface area contributed by atoms with E-state index in [-0.39, 0.29) is 11.1 Å². The minimum atomic E-state index is -0.147. The van der Waals surface area contributed by atoms with Crippen molar-refractivity contribution in [2.24, 2.45) is 0 Å². The normalized spacial score (nSPS) is 9.77. The fraction of sp³-hybridized carbons (Fsp3) is 0.375. The van der Waals surface area contributed by atoms with Crippen LogP contribution in [0.1, 0.15) is 17.4 Å². The molecule has 0 fully saturated rings. The standard InChI is InChI=1S/C8H10ClN3O/c1-3-12(2)8(13)6-4-5-7(9)11-10-6/h4-5H,3H2,1-2H3. The zero-order valence-corrected chi connectivity index (χ0v) is 8.25. The quantitative estimate of drug-likeness (QED) is 0.720. The van der Waals surface area contributed by atoms with E-state index in [4.69, 9.17) is 11.6 Å². The summed E-state index contributed by atoms with van der Waals surface area (Å²) in [6.07, 6.45) is 0. The lowest BCUT2D eigenvalue weighted by Crippen LogP contribution is -2.27. The number of hydrogen-bond acceptors (Lipinski definition) is 3. The second kappa shape index (κ2) is 4.18. The number of carbonyl (C=O) groups excluding carboxylic acids is 1. The first-order chi connectivity index (χ1) is 6.15. The molecule has 1 rings (SSSR count). The van der Waals surface area contributed by atoms with Gasteiger partial charge >= 0.3 is 0 Å². The fourth-order valence-corrected chi connectivity index (χ4v) is 0.870. The van der Waals surface area contributed by atoms with Crippen LogP contribution in [0, 0.1) is 0 Å². The molecule has 70 valence electrons. The molecule has 0 atom stereocenters. The van der Waals surface area contributed by atoms with E-state index >= 15 is 0 Å². The lowest BCUT2D eigenvalue weighted by molar-refractivity contribution is 0.0795. The number of hydrogen-bond donors (Lipinski definition) is 0. The van der Waals surface area contributed by atoms with E-state index in [1.165, 1.54) is 0 Å². The van der Waals surface area contributed by atoms with Gasteiger partial charge in [0.1, 0.15) is 0 Å². The molecule has 0 saturated heterocycles. The summed E-state index contributed by atoms with van der Waals surface area (Å²) in [6, 6.07) is 3.11. The molecular formula is C8H10ClN3O. The Hall–Kier alpha value is -1.16. The maximum Gasteiger partial charge on any atom is 0.274 e. The first-order valence-corrected chi connectivity index (χ1v) is 4.27. The second-order valence-electron chi connectivity index (χ2n) is 2.56. The maximum atomic E-state index is 11.5. The van der Waals surface area contributed by atoms with Gasteiger partial charge in [0.15, 0.2) is 10.8 Å². The van der Waals surface area contributed by atoms with E-state index in [1.807, 2.05) is 6.92 Å². The number of nitrogens with zero attached hydrogens (tertiary/aromatic N) is 3. The smallest absolute Gasteiger partial charge is 0.274 e. The van der Waals surface area contributed by atoms with Crippen LogP contribution >= 0.6 is 11.6 Å². The molecule has 1 aromatic rings. The van der Waals surface area contributed by atoms with E-state index in [0.29, 0.717) is 12.2 Å². The van der Waals surface area contributed by atoms with Gasteiger partial charge in [-0.3, -0.25) is 4.79 Å². The third-order valence-electron chi connectivity index (χ3n) is 1.67. The van der Waals surface area contributed by atoms with Gasteiger partial charge in [-0.25, -0.2) is 0 Å². The molecule has 0 aliphatic heterocycles. The van der Waals surface area contributed by atoms with E-state index in [0.717, 1.165) is 0 Å². The predicted molar refractivity (Wildman–Crippen MR) is 49.7 cm³/mol. The van der Waals surface area contributed by atoms with E-state index in [1.54, 1.807) is 24.1 Å². The molecule has 1 aromatic heterocycles. The van der Waals surface area contributed by atoms with Crippen LogP contribution in [-0.4, -0.2) is 34.6 Å². The minimum absolute atomic E-state index is 0.147. The van der Waals surface area contributed by atoms with Gasteiger partial charge in [0, 0.05) is 13.6 Å². The molecule has 5 heteroatoms. The van der Waals surface area contributed by atoms with Crippen LogP contribution in [0.5, 0.6) is 0 Å². The number of halogens is 1. The molecule has 0 saturated carbocycles. The Morgan fingerprint density at radius 1 is 1.54 bits per heavy atom. The molecule has 1 amide bonds. The SMILES string of the molecule is CCN(C)C(=O)c1ccc(Cl)nn1. The summed E-state index contributed by atoms with van der Waals surface area (Å²) in [5.41, 5.74) is 0.314. The Balaban J connectivity index is 2.83. The van der Waals surface area contributed by atoms with Crippen LogP contribution in [0.3, 0.4) is 0 Å². The van der Waals surface area contributed by atoms with Crippen molar-refractivity contribution in [2.45, 2.75) is 6.92 Å². The van der Waals surface area contributed by atoms with Crippen molar-refractivity contribution in [3.8, 4) is 0 Å². The monoisotopic (exact) mass is 199 g/mol. The molecule has 0 aliphatic rings. The summed E-state index contributed by atoms with van der Waals surface area (Å²) in [5.74, 6) is -0.147. The van der Waals surface area contributed by atoms with Crippen LogP contribution in [0.15, 0.2) is 12.1 Å². The lowest BCUT2D eigenvalue weighted by atomic mass is 10.3. The van der Waals surface area contributed by atoms with E-state index < -0.39 is 0 Å². The third kappa shape index (κ3) is 2.39. The lowest BCUT2D eigenvalue weighted by Gasteiger charge is -2.12. The zero-order chi connectivity index (χ0) is 9.84. The van der Waals surface area contributed by atoms with Crippen LogP contribution in [0.2, 0.25) is 5.15 Å². The van der Waals surface area contributed by atoms with Gasteiger partial charge in [-0.1, -0.05) is 11.6 Å². The molecular weight excluding hydrogens is 190 g/mol. The molecule has 0 aromatic carbocycles. The van der Waals surface area contributed by atoms with Crippen LogP contribution < -0.4 is 0 Å². The molecule has 0 spiro atoms. The molecule has 0 bridgehead atoms. The Bertz CT molecular complexity index is 299. The number of carbonyl (C=O) groups is 1. The van der Waals surface area contributed by atoms with Crippen LogP contribution in [-0.2, 0) is 0 Å². The van der Waals surface area contributed by atoms with Crippen LogP contribution in [0.4, 0.5) is 0 Å². The van der Waals surface area contributed by atoms with Crippen molar-refractivity contribution in [3.63, 3.8) is 0 Å². The predicted octanol–water partition coefficient (Wildman–Crippen LogP) is 1.22. The van der Waals surface area contributed by atoms with Gasteiger partial charge in [0.25, 0.3) is 5.91 Å². The highest BCUT2D eigenvalue weighted by Crippen LogP contribution is 2.03. The summed E-state index contributed by atoms with van der Waals surface area (Å²) < 4.78 is 0. The third-order valence-corrected chi connectivity index (χ3v) is 1.87. The number of amides is 1. The van der Waals surface area contributed by atoms with Crippen molar-refractivity contribution >= 4 is 17.5 Å². The Morgan fingerprint density at radius 3 is 2.69 bits per heavy atom.